The van der Waals surface area contributed by atoms with Gasteiger partial charge in [-0.05, 0) is 35.9 Å². The van der Waals surface area contributed by atoms with Crippen LogP contribution in [0.3, 0.4) is 0 Å². The SMILES string of the molecule is COc1ccc(-c2csc(/C(C#N)=C\c3cc(OC)c(O)c([N+](=O)[O-])c3)n2)cc1OC. The number of phenolic OH excluding ortho intramolecular Hbond substituents is 1. The fourth-order valence-corrected chi connectivity index (χ4v) is 3.62. The van der Waals surface area contributed by atoms with Gasteiger partial charge in [0.15, 0.2) is 17.2 Å². The second kappa shape index (κ2) is 9.15. The van der Waals surface area contributed by atoms with Crippen LogP contribution in [-0.2, 0) is 0 Å². The first-order valence-electron chi connectivity index (χ1n) is 8.77. The molecule has 158 valence electrons. The van der Waals surface area contributed by atoms with Crippen molar-refractivity contribution in [2.24, 2.45) is 0 Å². The zero-order chi connectivity index (χ0) is 22.5. The molecule has 0 amide bonds. The van der Waals surface area contributed by atoms with Gasteiger partial charge in [0.2, 0.25) is 5.75 Å². The van der Waals surface area contributed by atoms with Crippen LogP contribution in [0.15, 0.2) is 35.7 Å². The highest BCUT2D eigenvalue weighted by molar-refractivity contribution is 7.11. The third-order valence-electron chi connectivity index (χ3n) is 4.34. The minimum atomic E-state index is -0.722. The molecule has 1 heterocycles. The third-order valence-corrected chi connectivity index (χ3v) is 5.21. The van der Waals surface area contributed by atoms with E-state index in [1.54, 1.807) is 24.6 Å². The molecule has 0 spiro atoms. The van der Waals surface area contributed by atoms with E-state index in [0.717, 1.165) is 11.6 Å². The van der Waals surface area contributed by atoms with Crippen molar-refractivity contribution in [2.75, 3.05) is 21.3 Å². The van der Waals surface area contributed by atoms with Crippen LogP contribution < -0.4 is 14.2 Å². The molecule has 2 aromatic carbocycles. The molecule has 9 nitrogen and oxygen atoms in total. The summed E-state index contributed by atoms with van der Waals surface area (Å²) in [6, 6.07) is 10.00. The first-order chi connectivity index (χ1) is 14.9. The second-order valence-electron chi connectivity index (χ2n) is 6.13. The molecule has 31 heavy (non-hydrogen) atoms. The lowest BCUT2D eigenvalue weighted by atomic mass is 10.1. The van der Waals surface area contributed by atoms with E-state index < -0.39 is 16.4 Å². The fraction of sp³-hybridized carbons (Fsp3) is 0.143. The zero-order valence-electron chi connectivity index (χ0n) is 16.8. The number of nitrogens with zero attached hydrogens (tertiary/aromatic N) is 3. The van der Waals surface area contributed by atoms with E-state index in [1.165, 1.54) is 37.7 Å². The minimum absolute atomic E-state index is 0.0668. The lowest BCUT2D eigenvalue weighted by molar-refractivity contribution is -0.386. The van der Waals surface area contributed by atoms with Gasteiger partial charge in [0.1, 0.15) is 11.1 Å². The average Bonchev–Trinajstić information content (AvgIpc) is 3.27. The molecule has 0 unspecified atom stereocenters. The summed E-state index contributed by atoms with van der Waals surface area (Å²) in [5, 5.41) is 33.0. The fourth-order valence-electron chi connectivity index (χ4n) is 2.83. The molecule has 0 bridgehead atoms. The van der Waals surface area contributed by atoms with E-state index in [-0.39, 0.29) is 11.3 Å². The molecule has 3 rings (SSSR count). The number of nitro benzene ring substituents is 1. The third kappa shape index (κ3) is 4.41. The molecule has 1 N–H and O–H groups in total. The van der Waals surface area contributed by atoms with Crippen molar-refractivity contribution in [1.82, 2.24) is 4.98 Å². The molecule has 0 saturated carbocycles. The van der Waals surface area contributed by atoms with Crippen molar-refractivity contribution in [3.05, 3.63) is 56.4 Å². The summed E-state index contributed by atoms with van der Waals surface area (Å²) < 4.78 is 15.5. The van der Waals surface area contributed by atoms with Crippen LogP contribution in [0.1, 0.15) is 10.6 Å². The number of ether oxygens (including phenoxy) is 3. The topological polar surface area (TPSA) is 128 Å². The number of aromatic nitrogens is 1. The van der Waals surface area contributed by atoms with Crippen LogP contribution in [-0.4, -0.2) is 36.3 Å². The number of rotatable bonds is 7. The Morgan fingerprint density at radius 3 is 2.48 bits per heavy atom. The Morgan fingerprint density at radius 2 is 1.87 bits per heavy atom. The number of phenols is 1. The maximum atomic E-state index is 11.2. The van der Waals surface area contributed by atoms with Gasteiger partial charge in [-0.2, -0.15) is 5.26 Å². The summed E-state index contributed by atoms with van der Waals surface area (Å²) in [6.07, 6.45) is 1.45. The normalized spacial score (nSPS) is 11.0. The van der Waals surface area contributed by atoms with E-state index in [1.807, 2.05) is 6.07 Å². The van der Waals surface area contributed by atoms with Crippen LogP contribution in [0.25, 0.3) is 22.9 Å². The van der Waals surface area contributed by atoms with Crippen LogP contribution in [0, 0.1) is 21.4 Å². The Hall–Kier alpha value is -4.10. The predicted octanol–water partition coefficient (Wildman–Crippen LogP) is 4.51. The van der Waals surface area contributed by atoms with Gasteiger partial charge in [0, 0.05) is 17.0 Å². The highest BCUT2D eigenvalue weighted by atomic mass is 32.1. The summed E-state index contributed by atoms with van der Waals surface area (Å²) in [6.45, 7) is 0. The van der Waals surface area contributed by atoms with Crippen LogP contribution in [0.5, 0.6) is 23.0 Å². The van der Waals surface area contributed by atoms with Crippen LogP contribution in [0.2, 0.25) is 0 Å². The molecule has 0 atom stereocenters. The lowest BCUT2D eigenvalue weighted by Gasteiger charge is -2.08. The Morgan fingerprint density at radius 1 is 1.16 bits per heavy atom. The van der Waals surface area contributed by atoms with Gasteiger partial charge in [-0.25, -0.2) is 4.98 Å². The molecule has 0 fully saturated rings. The number of methoxy groups -OCH3 is 3. The number of aromatic hydroxyl groups is 1. The first kappa shape index (κ1) is 21.6. The van der Waals surface area contributed by atoms with Crippen molar-refractivity contribution < 1.29 is 24.2 Å². The summed E-state index contributed by atoms with van der Waals surface area (Å²) in [7, 11) is 4.37. The standard InChI is InChI=1S/C21H17N3O6S/c1-28-17-5-4-13(9-18(17)29-2)15-11-31-21(23-15)14(10-22)6-12-7-16(24(26)27)20(25)19(8-12)30-3/h4-9,11,25H,1-3H3/b14-6-. The average molecular weight is 439 g/mol. The van der Waals surface area contributed by atoms with Gasteiger partial charge in [-0.3, -0.25) is 10.1 Å². The van der Waals surface area contributed by atoms with Gasteiger partial charge < -0.3 is 19.3 Å². The molecule has 0 saturated heterocycles. The molecule has 0 aliphatic heterocycles. The quantitative estimate of drug-likeness (QED) is 0.323. The van der Waals surface area contributed by atoms with Gasteiger partial charge in [-0.15, -0.1) is 11.3 Å². The van der Waals surface area contributed by atoms with Crippen molar-refractivity contribution in [2.45, 2.75) is 0 Å². The van der Waals surface area contributed by atoms with Gasteiger partial charge >= 0.3 is 5.69 Å². The number of hydrogen-bond donors (Lipinski definition) is 1. The molecular weight excluding hydrogens is 422 g/mol. The Kier molecular flexibility index (Phi) is 6.37. The van der Waals surface area contributed by atoms with Crippen LogP contribution in [0.4, 0.5) is 5.69 Å². The Bertz CT molecular complexity index is 1210. The summed E-state index contributed by atoms with van der Waals surface area (Å²) in [4.78, 5) is 15.0. The van der Waals surface area contributed by atoms with Crippen molar-refractivity contribution in [1.29, 1.82) is 5.26 Å². The highest BCUT2D eigenvalue weighted by Gasteiger charge is 2.20. The maximum Gasteiger partial charge on any atom is 0.315 e. The Balaban J connectivity index is 2.01. The van der Waals surface area contributed by atoms with Crippen molar-refractivity contribution >= 4 is 28.7 Å². The molecule has 0 aliphatic rings. The predicted molar refractivity (Wildman–Crippen MR) is 115 cm³/mol. The molecule has 3 aromatic rings. The molecule has 1 aromatic heterocycles. The number of nitriles is 1. The number of nitro groups is 1. The van der Waals surface area contributed by atoms with E-state index in [2.05, 4.69) is 11.1 Å². The number of allylic oxidation sites excluding steroid dienone is 1. The van der Waals surface area contributed by atoms with Crippen LogP contribution >= 0.6 is 11.3 Å². The Labute approximate surface area is 181 Å². The molecule has 10 heteroatoms. The number of benzene rings is 2. The summed E-state index contributed by atoms with van der Waals surface area (Å²) in [5.41, 5.74) is 1.42. The van der Waals surface area contributed by atoms with Crippen molar-refractivity contribution in [3.8, 4) is 40.3 Å². The van der Waals surface area contributed by atoms with E-state index in [0.29, 0.717) is 27.8 Å². The molecule has 0 aliphatic carbocycles. The largest absolute Gasteiger partial charge is 0.500 e. The van der Waals surface area contributed by atoms with E-state index in [9.17, 15) is 20.5 Å². The maximum absolute atomic E-state index is 11.2. The van der Waals surface area contributed by atoms with Gasteiger partial charge in [0.25, 0.3) is 0 Å². The molecular formula is C21H17N3O6S. The smallest absolute Gasteiger partial charge is 0.315 e. The highest BCUT2D eigenvalue weighted by Crippen LogP contribution is 2.38. The summed E-state index contributed by atoms with van der Waals surface area (Å²) in [5.74, 6) is 0.493. The minimum Gasteiger partial charge on any atom is -0.500 e. The zero-order valence-corrected chi connectivity index (χ0v) is 17.6. The monoisotopic (exact) mass is 439 g/mol. The number of thiazole rings is 1. The van der Waals surface area contributed by atoms with E-state index >= 15 is 0 Å². The summed E-state index contributed by atoms with van der Waals surface area (Å²) >= 11 is 1.25. The van der Waals surface area contributed by atoms with Crippen molar-refractivity contribution in [3.63, 3.8) is 0 Å². The second-order valence-corrected chi connectivity index (χ2v) is 6.98. The van der Waals surface area contributed by atoms with Gasteiger partial charge in [-0.1, -0.05) is 0 Å². The first-order valence-corrected chi connectivity index (χ1v) is 9.65. The lowest BCUT2D eigenvalue weighted by Crippen LogP contribution is -1.93. The molecule has 0 radical (unpaired) electrons. The number of hydrogen-bond acceptors (Lipinski definition) is 9. The van der Waals surface area contributed by atoms with E-state index in [4.69, 9.17) is 14.2 Å². The van der Waals surface area contributed by atoms with Gasteiger partial charge in [0.05, 0.1) is 37.5 Å².